The normalized spacial score (nSPS) is 12.4. The molecule has 1 aromatic heterocycles. The summed E-state index contributed by atoms with van der Waals surface area (Å²) in [6, 6.07) is 16.6. The largest absolute Gasteiger partial charge is 0.296 e. The third-order valence-electron chi connectivity index (χ3n) is 3.73. The van der Waals surface area contributed by atoms with E-state index in [0.717, 1.165) is 39.0 Å². The molecule has 0 aliphatic heterocycles. The zero-order chi connectivity index (χ0) is 16.2. The van der Waals surface area contributed by atoms with Crippen LogP contribution in [0, 0.1) is 0 Å². The minimum Gasteiger partial charge on any atom is -0.296 e. The molecule has 0 spiro atoms. The lowest BCUT2D eigenvalue weighted by Crippen LogP contribution is -1.97. The van der Waals surface area contributed by atoms with E-state index in [1.807, 2.05) is 6.07 Å². The molecule has 0 saturated heterocycles. The first kappa shape index (κ1) is 15.8. The number of hydrogen-bond acceptors (Lipinski definition) is 1. The summed E-state index contributed by atoms with van der Waals surface area (Å²) in [6.07, 6.45) is 7.44. The Bertz CT molecular complexity index is 870. The van der Waals surface area contributed by atoms with Crippen LogP contribution in [0.4, 0.5) is 0 Å². The first-order valence-corrected chi connectivity index (χ1v) is 8.57. The van der Waals surface area contributed by atoms with Crippen molar-refractivity contribution in [1.29, 1.82) is 0 Å². The van der Waals surface area contributed by atoms with Crippen molar-refractivity contribution in [2.45, 2.75) is 20.3 Å². The van der Waals surface area contributed by atoms with Gasteiger partial charge in [-0.1, -0.05) is 59.3 Å². The number of fused-ring (bicyclic) bond motifs is 1. The maximum absolute atomic E-state index is 4.84. The second kappa shape index (κ2) is 6.97. The van der Waals surface area contributed by atoms with Crippen LogP contribution in [-0.2, 0) is 0 Å². The first-order chi connectivity index (χ1) is 11.2. The molecule has 23 heavy (non-hydrogen) atoms. The molecule has 3 aromatic rings. The van der Waals surface area contributed by atoms with E-state index in [9.17, 15) is 0 Å². The summed E-state index contributed by atoms with van der Waals surface area (Å²) in [5.41, 5.74) is 4.40. The summed E-state index contributed by atoms with van der Waals surface area (Å²) in [4.78, 5) is 4.84. The molecule has 0 atom stereocenters. The summed E-state index contributed by atoms with van der Waals surface area (Å²) in [5.74, 6) is 0.970. The van der Waals surface area contributed by atoms with Gasteiger partial charge in [0.2, 0.25) is 0 Å². The topological polar surface area (TPSA) is 17.8 Å². The monoisotopic (exact) mass is 366 g/mol. The Labute approximate surface area is 145 Å². The van der Waals surface area contributed by atoms with Gasteiger partial charge in [0, 0.05) is 15.7 Å². The van der Waals surface area contributed by atoms with Crippen LogP contribution < -0.4 is 0 Å². The van der Waals surface area contributed by atoms with E-state index in [4.69, 9.17) is 4.98 Å². The Morgan fingerprint density at radius 2 is 1.87 bits per heavy atom. The minimum absolute atomic E-state index is 0.970. The molecule has 0 amide bonds. The average Bonchev–Trinajstić information content (AvgIpc) is 2.95. The molecule has 0 saturated carbocycles. The van der Waals surface area contributed by atoms with Crippen molar-refractivity contribution >= 4 is 32.7 Å². The van der Waals surface area contributed by atoms with Crippen LogP contribution in [-0.4, -0.2) is 9.55 Å². The van der Waals surface area contributed by atoms with E-state index < -0.39 is 0 Å². The quantitative estimate of drug-likeness (QED) is 0.495. The van der Waals surface area contributed by atoms with E-state index in [0.29, 0.717) is 0 Å². The van der Waals surface area contributed by atoms with Crippen LogP contribution in [0.25, 0.3) is 28.1 Å². The summed E-state index contributed by atoms with van der Waals surface area (Å²) in [7, 11) is 0. The number of halogens is 1. The minimum atomic E-state index is 0.970. The number of rotatable bonds is 4. The summed E-state index contributed by atoms with van der Waals surface area (Å²) in [6.45, 7) is 4.26. The Kier molecular flexibility index (Phi) is 4.77. The van der Waals surface area contributed by atoms with Crippen molar-refractivity contribution in [2.24, 2.45) is 0 Å². The van der Waals surface area contributed by atoms with E-state index in [-0.39, 0.29) is 0 Å². The van der Waals surface area contributed by atoms with Crippen molar-refractivity contribution < 1.29 is 0 Å². The maximum Gasteiger partial charge on any atom is 0.145 e. The molecule has 2 aromatic carbocycles. The number of imidazole rings is 1. The van der Waals surface area contributed by atoms with Crippen LogP contribution in [0.15, 0.2) is 71.2 Å². The van der Waals surface area contributed by atoms with Crippen LogP contribution >= 0.6 is 15.9 Å². The van der Waals surface area contributed by atoms with Gasteiger partial charge < -0.3 is 0 Å². The lowest BCUT2D eigenvalue weighted by atomic mass is 10.2. The van der Waals surface area contributed by atoms with Gasteiger partial charge in [-0.05, 0) is 43.7 Å². The highest BCUT2D eigenvalue weighted by atomic mass is 79.9. The number of nitrogens with zero attached hydrogens (tertiary/aromatic N) is 2. The second-order valence-electron chi connectivity index (χ2n) is 5.41. The Balaban J connectivity index is 2.21. The zero-order valence-corrected chi connectivity index (χ0v) is 14.9. The molecule has 0 radical (unpaired) electrons. The van der Waals surface area contributed by atoms with Gasteiger partial charge in [0.15, 0.2) is 0 Å². The van der Waals surface area contributed by atoms with Crippen LogP contribution in [0.2, 0.25) is 0 Å². The van der Waals surface area contributed by atoms with Crippen molar-refractivity contribution in [2.75, 3.05) is 0 Å². The number of para-hydroxylation sites is 2. The average molecular weight is 367 g/mol. The van der Waals surface area contributed by atoms with Crippen molar-refractivity contribution in [3.05, 3.63) is 71.2 Å². The summed E-state index contributed by atoms with van der Waals surface area (Å²) in [5, 5.41) is 0. The molecule has 0 aliphatic rings. The highest BCUT2D eigenvalue weighted by Crippen LogP contribution is 2.28. The fourth-order valence-corrected chi connectivity index (χ4v) is 2.86. The molecule has 0 bridgehead atoms. The summed E-state index contributed by atoms with van der Waals surface area (Å²) < 4.78 is 3.29. The lowest BCUT2D eigenvalue weighted by molar-refractivity contribution is 1.12. The van der Waals surface area contributed by atoms with E-state index in [1.165, 1.54) is 0 Å². The SMILES string of the molecule is CC/C=C\C=C(/C)n1c(-c2ccc(Br)cc2)nc2ccccc21. The van der Waals surface area contributed by atoms with Gasteiger partial charge in [0.1, 0.15) is 5.82 Å². The van der Waals surface area contributed by atoms with Crippen LogP contribution in [0.3, 0.4) is 0 Å². The molecular weight excluding hydrogens is 348 g/mol. The van der Waals surface area contributed by atoms with Gasteiger partial charge in [-0.15, -0.1) is 0 Å². The molecule has 116 valence electrons. The standard InChI is InChI=1S/C20H19BrN2/c1-3-4-5-8-15(2)23-19-10-7-6-9-18(19)22-20(23)16-11-13-17(21)14-12-16/h4-14H,3H2,1-2H3/b5-4-,15-8+. The second-order valence-corrected chi connectivity index (χ2v) is 6.33. The van der Waals surface area contributed by atoms with Crippen LogP contribution in [0.1, 0.15) is 20.3 Å². The molecule has 1 heterocycles. The predicted molar refractivity (Wildman–Crippen MR) is 102 cm³/mol. The van der Waals surface area contributed by atoms with Gasteiger partial charge in [-0.25, -0.2) is 4.98 Å². The smallest absolute Gasteiger partial charge is 0.145 e. The fourth-order valence-electron chi connectivity index (χ4n) is 2.59. The van der Waals surface area contributed by atoms with Gasteiger partial charge in [0.05, 0.1) is 11.0 Å². The van der Waals surface area contributed by atoms with E-state index in [2.05, 4.69) is 95.0 Å². The third kappa shape index (κ3) is 3.30. The molecule has 0 aliphatic carbocycles. The van der Waals surface area contributed by atoms with E-state index in [1.54, 1.807) is 0 Å². The predicted octanol–water partition coefficient (Wildman–Crippen LogP) is 6.29. The highest BCUT2D eigenvalue weighted by Gasteiger charge is 2.13. The van der Waals surface area contributed by atoms with E-state index >= 15 is 0 Å². The number of benzene rings is 2. The number of allylic oxidation sites excluding steroid dienone is 4. The van der Waals surface area contributed by atoms with Crippen molar-refractivity contribution in [3.8, 4) is 11.4 Å². The van der Waals surface area contributed by atoms with Gasteiger partial charge in [0.25, 0.3) is 0 Å². The number of aromatic nitrogens is 2. The Morgan fingerprint density at radius 1 is 1.13 bits per heavy atom. The summed E-state index contributed by atoms with van der Waals surface area (Å²) >= 11 is 3.49. The molecule has 0 unspecified atom stereocenters. The maximum atomic E-state index is 4.84. The molecule has 3 heteroatoms. The third-order valence-corrected chi connectivity index (χ3v) is 4.25. The van der Waals surface area contributed by atoms with Gasteiger partial charge in [-0.3, -0.25) is 4.57 Å². The molecule has 3 rings (SSSR count). The van der Waals surface area contributed by atoms with Gasteiger partial charge >= 0.3 is 0 Å². The fraction of sp³-hybridized carbons (Fsp3) is 0.150. The highest BCUT2D eigenvalue weighted by molar-refractivity contribution is 9.10. The Hall–Kier alpha value is -2.13. The lowest BCUT2D eigenvalue weighted by Gasteiger charge is -2.09. The number of hydrogen-bond donors (Lipinski definition) is 0. The zero-order valence-electron chi connectivity index (χ0n) is 13.3. The molecule has 0 N–H and O–H groups in total. The first-order valence-electron chi connectivity index (χ1n) is 7.78. The molecular formula is C20H19BrN2. The Morgan fingerprint density at radius 3 is 2.61 bits per heavy atom. The molecule has 2 nitrogen and oxygen atoms in total. The van der Waals surface area contributed by atoms with Crippen molar-refractivity contribution in [3.63, 3.8) is 0 Å². The van der Waals surface area contributed by atoms with Crippen molar-refractivity contribution in [1.82, 2.24) is 9.55 Å². The van der Waals surface area contributed by atoms with Gasteiger partial charge in [-0.2, -0.15) is 0 Å². The molecule has 0 fully saturated rings. The van der Waals surface area contributed by atoms with Crippen LogP contribution in [0.5, 0.6) is 0 Å².